The Kier molecular flexibility index (Phi) is 5.75. The first-order valence-electron chi connectivity index (χ1n) is 6.87. The van der Waals surface area contributed by atoms with Crippen LogP contribution in [-0.2, 0) is 9.59 Å². The molecule has 0 aromatic carbocycles. The largest absolute Gasteiger partial charge is 0.353 e. The van der Waals surface area contributed by atoms with Gasteiger partial charge in [0.25, 0.3) is 0 Å². The summed E-state index contributed by atoms with van der Waals surface area (Å²) in [5, 5.41) is 2.85. The van der Waals surface area contributed by atoms with Crippen LogP contribution in [-0.4, -0.2) is 66.9 Å². The van der Waals surface area contributed by atoms with Crippen molar-refractivity contribution in [2.75, 3.05) is 39.8 Å². The summed E-state index contributed by atoms with van der Waals surface area (Å²) in [4.78, 5) is 27.5. The highest BCUT2D eigenvalue weighted by Crippen LogP contribution is 2.17. The summed E-state index contributed by atoms with van der Waals surface area (Å²) in [6.45, 7) is 7.13. The molecule has 110 valence electrons. The van der Waals surface area contributed by atoms with Crippen molar-refractivity contribution < 1.29 is 9.59 Å². The molecule has 2 amide bonds. The fraction of sp³-hybridized carbons (Fsp3) is 0.846. The topological polar surface area (TPSA) is 78.7 Å². The van der Waals surface area contributed by atoms with Gasteiger partial charge < -0.3 is 16.0 Å². The number of carbonyl (C=O) groups excluding carboxylic acids is 2. The molecule has 0 saturated carbocycles. The number of nitrogens with zero attached hydrogens (tertiary/aromatic N) is 2. The lowest BCUT2D eigenvalue weighted by Gasteiger charge is -2.41. The van der Waals surface area contributed by atoms with E-state index in [1.807, 2.05) is 13.8 Å². The van der Waals surface area contributed by atoms with Crippen LogP contribution in [0.1, 0.15) is 26.7 Å². The second kappa shape index (κ2) is 6.86. The smallest absolute Gasteiger partial charge is 0.239 e. The third-order valence-electron chi connectivity index (χ3n) is 3.73. The zero-order valence-corrected chi connectivity index (χ0v) is 12.2. The monoisotopic (exact) mass is 270 g/mol. The SMILES string of the molecule is CN(CCCN)C(=O)CCN1CCNC(=O)C1(C)C. The van der Waals surface area contributed by atoms with Gasteiger partial charge in [0, 0.05) is 39.6 Å². The molecule has 0 aromatic heterocycles. The number of nitrogens with two attached hydrogens (primary N) is 1. The highest BCUT2D eigenvalue weighted by atomic mass is 16.2. The molecule has 1 rings (SSSR count). The van der Waals surface area contributed by atoms with Crippen LogP contribution in [0.3, 0.4) is 0 Å². The molecule has 0 aromatic rings. The first kappa shape index (κ1) is 15.9. The average molecular weight is 270 g/mol. The maximum atomic E-state index is 11.9. The quantitative estimate of drug-likeness (QED) is 0.675. The van der Waals surface area contributed by atoms with E-state index in [4.69, 9.17) is 5.73 Å². The number of piperazine rings is 1. The molecule has 0 radical (unpaired) electrons. The molecule has 6 heteroatoms. The van der Waals surface area contributed by atoms with Crippen LogP contribution in [0.25, 0.3) is 0 Å². The van der Waals surface area contributed by atoms with Crippen molar-refractivity contribution in [2.45, 2.75) is 32.2 Å². The van der Waals surface area contributed by atoms with Gasteiger partial charge in [-0.25, -0.2) is 0 Å². The van der Waals surface area contributed by atoms with E-state index in [-0.39, 0.29) is 11.8 Å². The molecule has 6 nitrogen and oxygen atoms in total. The van der Waals surface area contributed by atoms with Crippen molar-refractivity contribution in [3.8, 4) is 0 Å². The van der Waals surface area contributed by atoms with Gasteiger partial charge in [0.1, 0.15) is 0 Å². The van der Waals surface area contributed by atoms with E-state index < -0.39 is 5.54 Å². The minimum Gasteiger partial charge on any atom is -0.353 e. The lowest BCUT2D eigenvalue weighted by molar-refractivity contribution is -0.137. The minimum absolute atomic E-state index is 0.0303. The minimum atomic E-state index is -0.533. The van der Waals surface area contributed by atoms with Crippen LogP contribution in [0.5, 0.6) is 0 Å². The summed E-state index contributed by atoms with van der Waals surface area (Å²) in [6.07, 6.45) is 1.26. The van der Waals surface area contributed by atoms with E-state index in [2.05, 4.69) is 10.2 Å². The zero-order valence-electron chi connectivity index (χ0n) is 12.2. The summed E-state index contributed by atoms with van der Waals surface area (Å²) < 4.78 is 0. The van der Waals surface area contributed by atoms with Gasteiger partial charge in [0.05, 0.1) is 5.54 Å². The predicted molar refractivity (Wildman–Crippen MR) is 74.6 cm³/mol. The summed E-state index contributed by atoms with van der Waals surface area (Å²) in [5.74, 6) is 0.137. The highest BCUT2D eigenvalue weighted by Gasteiger charge is 2.37. The van der Waals surface area contributed by atoms with Crippen molar-refractivity contribution in [3.05, 3.63) is 0 Å². The molecule has 0 aliphatic carbocycles. The summed E-state index contributed by atoms with van der Waals surface area (Å²) in [6, 6.07) is 0. The van der Waals surface area contributed by atoms with Crippen LogP contribution in [0, 0.1) is 0 Å². The van der Waals surface area contributed by atoms with Crippen molar-refractivity contribution in [1.82, 2.24) is 15.1 Å². The van der Waals surface area contributed by atoms with Gasteiger partial charge in [0.2, 0.25) is 11.8 Å². The highest BCUT2D eigenvalue weighted by molar-refractivity contribution is 5.86. The number of carbonyl (C=O) groups is 2. The Morgan fingerprint density at radius 1 is 1.53 bits per heavy atom. The Morgan fingerprint density at radius 3 is 2.84 bits per heavy atom. The van der Waals surface area contributed by atoms with Crippen LogP contribution in [0.4, 0.5) is 0 Å². The van der Waals surface area contributed by atoms with E-state index in [0.717, 1.165) is 13.0 Å². The maximum Gasteiger partial charge on any atom is 0.239 e. The van der Waals surface area contributed by atoms with Crippen molar-refractivity contribution in [1.29, 1.82) is 0 Å². The molecule has 0 bridgehead atoms. The van der Waals surface area contributed by atoms with Crippen molar-refractivity contribution in [3.63, 3.8) is 0 Å². The second-order valence-corrected chi connectivity index (χ2v) is 5.51. The van der Waals surface area contributed by atoms with Gasteiger partial charge in [-0.3, -0.25) is 14.5 Å². The molecule has 1 saturated heterocycles. The molecule has 0 atom stereocenters. The Bertz CT molecular complexity index is 331. The summed E-state index contributed by atoms with van der Waals surface area (Å²) in [5.41, 5.74) is 4.89. The summed E-state index contributed by atoms with van der Waals surface area (Å²) >= 11 is 0. The van der Waals surface area contributed by atoms with E-state index in [0.29, 0.717) is 32.6 Å². The van der Waals surface area contributed by atoms with E-state index in [9.17, 15) is 9.59 Å². The molecule has 0 spiro atoms. The standard InChI is InChI=1S/C13H26N4O2/c1-13(2)12(19)15-7-10-17(13)9-5-11(18)16(3)8-4-6-14/h4-10,14H2,1-3H3,(H,15,19). The molecule has 1 aliphatic heterocycles. The average Bonchev–Trinajstić information content (AvgIpc) is 2.37. The third kappa shape index (κ3) is 4.18. The van der Waals surface area contributed by atoms with Gasteiger partial charge in [-0.2, -0.15) is 0 Å². The Morgan fingerprint density at radius 2 is 2.21 bits per heavy atom. The number of hydrogen-bond acceptors (Lipinski definition) is 4. The Hall–Kier alpha value is -1.14. The van der Waals surface area contributed by atoms with Crippen LogP contribution >= 0.6 is 0 Å². The van der Waals surface area contributed by atoms with Crippen LogP contribution in [0.15, 0.2) is 0 Å². The number of hydrogen-bond donors (Lipinski definition) is 2. The Balaban J connectivity index is 2.43. The van der Waals surface area contributed by atoms with E-state index in [1.54, 1.807) is 11.9 Å². The van der Waals surface area contributed by atoms with Gasteiger partial charge in [-0.05, 0) is 26.8 Å². The molecule has 0 unspecified atom stereocenters. The zero-order chi connectivity index (χ0) is 14.5. The maximum absolute atomic E-state index is 11.9. The molecule has 1 heterocycles. The molecular weight excluding hydrogens is 244 g/mol. The fourth-order valence-corrected chi connectivity index (χ4v) is 2.21. The van der Waals surface area contributed by atoms with Gasteiger partial charge in [0.15, 0.2) is 0 Å². The Labute approximate surface area is 115 Å². The van der Waals surface area contributed by atoms with Gasteiger partial charge in [-0.1, -0.05) is 0 Å². The molecule has 19 heavy (non-hydrogen) atoms. The lowest BCUT2D eigenvalue weighted by Crippen LogP contribution is -2.62. The van der Waals surface area contributed by atoms with Gasteiger partial charge in [-0.15, -0.1) is 0 Å². The van der Waals surface area contributed by atoms with Crippen LogP contribution < -0.4 is 11.1 Å². The number of amides is 2. The molecule has 1 aliphatic rings. The predicted octanol–water partition coefficient (Wildman–Crippen LogP) is -0.606. The second-order valence-electron chi connectivity index (χ2n) is 5.51. The van der Waals surface area contributed by atoms with E-state index >= 15 is 0 Å². The molecule has 1 fully saturated rings. The van der Waals surface area contributed by atoms with E-state index in [1.165, 1.54) is 0 Å². The fourth-order valence-electron chi connectivity index (χ4n) is 2.21. The van der Waals surface area contributed by atoms with Gasteiger partial charge >= 0.3 is 0 Å². The first-order chi connectivity index (χ1) is 8.89. The lowest BCUT2D eigenvalue weighted by atomic mass is 9.98. The van der Waals surface area contributed by atoms with Crippen molar-refractivity contribution in [2.24, 2.45) is 5.73 Å². The number of rotatable bonds is 6. The normalized spacial score (nSPS) is 19.1. The summed E-state index contributed by atoms with van der Waals surface area (Å²) in [7, 11) is 1.80. The molecular formula is C13H26N4O2. The first-order valence-corrected chi connectivity index (χ1v) is 6.87. The van der Waals surface area contributed by atoms with Crippen molar-refractivity contribution >= 4 is 11.8 Å². The molecule has 3 N–H and O–H groups in total. The van der Waals surface area contributed by atoms with Crippen LogP contribution in [0.2, 0.25) is 0 Å². The third-order valence-corrected chi connectivity index (χ3v) is 3.73. The number of nitrogens with one attached hydrogen (secondary N) is 1.